The Morgan fingerprint density at radius 3 is 3.00 bits per heavy atom. The third-order valence-corrected chi connectivity index (χ3v) is 5.17. The first kappa shape index (κ1) is 14.3. The maximum Gasteiger partial charge on any atom is 0.223 e. The van der Waals surface area contributed by atoms with Gasteiger partial charge in [-0.15, -0.1) is 0 Å². The van der Waals surface area contributed by atoms with E-state index in [2.05, 4.69) is 10.2 Å². The van der Waals surface area contributed by atoms with Gasteiger partial charge in [0.2, 0.25) is 5.91 Å². The average Bonchev–Trinajstić information content (AvgIpc) is 3.20. The highest BCUT2D eigenvalue weighted by molar-refractivity contribution is 5.79. The number of nitrogens with zero attached hydrogens (tertiary/aromatic N) is 1. The predicted molar refractivity (Wildman–Crippen MR) is 81.1 cm³/mol. The zero-order valence-electron chi connectivity index (χ0n) is 12.9. The fourth-order valence-corrected chi connectivity index (χ4v) is 3.81. The summed E-state index contributed by atoms with van der Waals surface area (Å²) in [4.78, 5) is 14.9. The van der Waals surface area contributed by atoms with Gasteiger partial charge in [0.05, 0.1) is 18.9 Å². The number of rotatable bonds is 4. The summed E-state index contributed by atoms with van der Waals surface area (Å²) >= 11 is 0. The summed E-state index contributed by atoms with van der Waals surface area (Å²) in [5.74, 6) is 1.67. The summed E-state index contributed by atoms with van der Waals surface area (Å²) < 4.78 is 11.4. The Morgan fingerprint density at radius 2 is 2.23 bits per heavy atom. The van der Waals surface area contributed by atoms with Gasteiger partial charge in [-0.05, 0) is 37.8 Å². The van der Waals surface area contributed by atoms with Gasteiger partial charge in [0, 0.05) is 37.6 Å². The van der Waals surface area contributed by atoms with E-state index in [-0.39, 0.29) is 17.9 Å². The monoisotopic (exact) mass is 304 g/mol. The molecule has 120 valence electrons. The van der Waals surface area contributed by atoms with E-state index in [0.717, 1.165) is 57.7 Å². The van der Waals surface area contributed by atoms with Gasteiger partial charge in [0.15, 0.2) is 0 Å². The molecule has 1 saturated carbocycles. The molecule has 1 aromatic heterocycles. The number of ether oxygens (including phenoxy) is 1. The number of fused-ring (bicyclic) bond motifs is 1. The summed E-state index contributed by atoms with van der Waals surface area (Å²) in [5.41, 5.74) is 0. The quantitative estimate of drug-likeness (QED) is 0.921. The fraction of sp³-hybridized carbons (Fsp3) is 0.706. The maximum atomic E-state index is 12.5. The van der Waals surface area contributed by atoms with Crippen molar-refractivity contribution in [3.05, 3.63) is 24.2 Å². The minimum Gasteiger partial charge on any atom is -0.468 e. The zero-order valence-corrected chi connectivity index (χ0v) is 12.9. The van der Waals surface area contributed by atoms with Crippen LogP contribution in [0.4, 0.5) is 0 Å². The van der Waals surface area contributed by atoms with E-state index in [1.54, 1.807) is 6.26 Å². The van der Waals surface area contributed by atoms with Crippen molar-refractivity contribution in [3.8, 4) is 0 Å². The van der Waals surface area contributed by atoms with E-state index in [0.29, 0.717) is 12.0 Å². The van der Waals surface area contributed by atoms with Crippen molar-refractivity contribution in [2.45, 2.75) is 44.4 Å². The molecule has 4 rings (SSSR count). The average molecular weight is 304 g/mol. The van der Waals surface area contributed by atoms with Crippen LogP contribution in [0, 0.1) is 11.8 Å². The normalized spacial score (nSPS) is 32.5. The molecule has 0 radical (unpaired) electrons. The smallest absolute Gasteiger partial charge is 0.223 e. The van der Waals surface area contributed by atoms with Crippen LogP contribution in [0.2, 0.25) is 0 Å². The molecule has 2 saturated heterocycles. The van der Waals surface area contributed by atoms with Gasteiger partial charge in [0.25, 0.3) is 0 Å². The second-order valence-corrected chi connectivity index (χ2v) is 6.85. The topological polar surface area (TPSA) is 54.7 Å². The molecule has 1 aliphatic carbocycles. The SMILES string of the molecule is O=C(NC1CC1)[C@@H]1CCO[C@@H]2CCN(Cc3ccco3)C[C@H]21. The molecule has 1 aromatic rings. The molecule has 2 aliphatic heterocycles. The van der Waals surface area contributed by atoms with E-state index in [4.69, 9.17) is 9.15 Å². The molecular weight excluding hydrogens is 280 g/mol. The Hall–Kier alpha value is -1.33. The molecular formula is C17H24N2O3. The molecule has 5 heteroatoms. The first-order valence-corrected chi connectivity index (χ1v) is 8.46. The van der Waals surface area contributed by atoms with Crippen molar-refractivity contribution in [2.24, 2.45) is 11.8 Å². The van der Waals surface area contributed by atoms with Crippen LogP contribution < -0.4 is 5.32 Å². The highest BCUT2D eigenvalue weighted by Gasteiger charge is 2.42. The second kappa shape index (κ2) is 6.05. The number of amides is 1. The Labute approximate surface area is 131 Å². The minimum atomic E-state index is 0.110. The number of furan rings is 1. The van der Waals surface area contributed by atoms with Gasteiger partial charge < -0.3 is 14.5 Å². The molecule has 3 atom stereocenters. The van der Waals surface area contributed by atoms with Crippen LogP contribution in [0.1, 0.15) is 31.4 Å². The van der Waals surface area contributed by atoms with Gasteiger partial charge in [0.1, 0.15) is 5.76 Å². The van der Waals surface area contributed by atoms with Crippen LogP contribution in [-0.4, -0.2) is 42.6 Å². The number of piperidine rings is 1. The molecule has 3 heterocycles. The Bertz CT molecular complexity index is 512. The molecule has 0 unspecified atom stereocenters. The summed E-state index contributed by atoms with van der Waals surface area (Å²) in [6.45, 7) is 3.49. The molecule has 0 bridgehead atoms. The standard InChI is InChI=1S/C17H24N2O3/c20-17(18-12-3-4-12)14-6-9-22-16-5-7-19(11-15(14)16)10-13-2-1-8-21-13/h1-2,8,12,14-16H,3-7,9-11H2,(H,18,20)/t14-,15+,16-/m1/s1. The van der Waals surface area contributed by atoms with Crippen LogP contribution in [-0.2, 0) is 16.1 Å². The zero-order chi connectivity index (χ0) is 14.9. The van der Waals surface area contributed by atoms with Crippen molar-refractivity contribution < 1.29 is 13.9 Å². The van der Waals surface area contributed by atoms with Gasteiger partial charge in [-0.3, -0.25) is 9.69 Å². The van der Waals surface area contributed by atoms with Crippen LogP contribution >= 0.6 is 0 Å². The maximum absolute atomic E-state index is 12.5. The predicted octanol–water partition coefficient (Wildman–Crippen LogP) is 1.79. The van der Waals surface area contributed by atoms with Gasteiger partial charge >= 0.3 is 0 Å². The van der Waals surface area contributed by atoms with Crippen LogP contribution in [0.5, 0.6) is 0 Å². The van der Waals surface area contributed by atoms with Crippen molar-refractivity contribution in [3.63, 3.8) is 0 Å². The number of carbonyl (C=O) groups is 1. The molecule has 0 spiro atoms. The van der Waals surface area contributed by atoms with Crippen molar-refractivity contribution in [2.75, 3.05) is 19.7 Å². The van der Waals surface area contributed by atoms with Crippen molar-refractivity contribution >= 4 is 5.91 Å². The molecule has 3 fully saturated rings. The van der Waals surface area contributed by atoms with E-state index in [1.165, 1.54) is 0 Å². The highest BCUT2D eigenvalue weighted by Crippen LogP contribution is 2.34. The third-order valence-electron chi connectivity index (χ3n) is 5.17. The van der Waals surface area contributed by atoms with E-state index < -0.39 is 0 Å². The van der Waals surface area contributed by atoms with Crippen LogP contribution in [0.15, 0.2) is 22.8 Å². The molecule has 3 aliphatic rings. The summed E-state index contributed by atoms with van der Waals surface area (Å²) in [6, 6.07) is 4.38. The molecule has 0 aromatic carbocycles. The Balaban J connectivity index is 1.41. The van der Waals surface area contributed by atoms with E-state index >= 15 is 0 Å². The highest BCUT2D eigenvalue weighted by atomic mass is 16.5. The first-order valence-electron chi connectivity index (χ1n) is 8.46. The van der Waals surface area contributed by atoms with E-state index in [1.807, 2.05) is 12.1 Å². The van der Waals surface area contributed by atoms with Crippen molar-refractivity contribution in [1.82, 2.24) is 10.2 Å². The summed E-state index contributed by atoms with van der Waals surface area (Å²) in [7, 11) is 0. The molecule has 1 amide bonds. The van der Waals surface area contributed by atoms with E-state index in [9.17, 15) is 4.79 Å². The summed E-state index contributed by atoms with van der Waals surface area (Å²) in [5, 5.41) is 3.19. The number of hydrogen-bond donors (Lipinski definition) is 1. The van der Waals surface area contributed by atoms with Gasteiger partial charge in [-0.2, -0.15) is 0 Å². The number of nitrogens with one attached hydrogen (secondary N) is 1. The first-order chi connectivity index (χ1) is 10.8. The number of carbonyl (C=O) groups excluding carboxylic acids is 1. The van der Waals surface area contributed by atoms with Gasteiger partial charge in [-0.25, -0.2) is 0 Å². The lowest BCUT2D eigenvalue weighted by Crippen LogP contribution is -2.53. The second-order valence-electron chi connectivity index (χ2n) is 6.85. The van der Waals surface area contributed by atoms with Crippen LogP contribution in [0.25, 0.3) is 0 Å². The van der Waals surface area contributed by atoms with Crippen LogP contribution in [0.3, 0.4) is 0 Å². The minimum absolute atomic E-state index is 0.110. The molecule has 22 heavy (non-hydrogen) atoms. The molecule has 1 N–H and O–H groups in total. The summed E-state index contributed by atoms with van der Waals surface area (Å²) in [6.07, 6.45) is 6.13. The Kier molecular flexibility index (Phi) is 3.92. The third kappa shape index (κ3) is 3.06. The largest absolute Gasteiger partial charge is 0.468 e. The number of hydrogen-bond acceptors (Lipinski definition) is 4. The lowest BCUT2D eigenvalue weighted by Gasteiger charge is -2.44. The Morgan fingerprint density at radius 1 is 1.32 bits per heavy atom. The van der Waals surface area contributed by atoms with Gasteiger partial charge in [-0.1, -0.05) is 0 Å². The lowest BCUT2D eigenvalue weighted by atomic mass is 9.79. The molecule has 5 nitrogen and oxygen atoms in total. The lowest BCUT2D eigenvalue weighted by molar-refractivity contribution is -0.142. The number of likely N-dealkylation sites (tertiary alicyclic amines) is 1. The fourth-order valence-electron chi connectivity index (χ4n) is 3.81. The van der Waals surface area contributed by atoms with Crippen molar-refractivity contribution in [1.29, 1.82) is 0 Å².